The third kappa shape index (κ3) is 7.70. The number of ether oxygens (including phenoxy) is 2. The van der Waals surface area contributed by atoms with Crippen molar-refractivity contribution < 1.29 is 14.3 Å². The van der Waals surface area contributed by atoms with E-state index in [0.717, 1.165) is 40.7 Å². The van der Waals surface area contributed by atoms with E-state index >= 15 is 0 Å². The van der Waals surface area contributed by atoms with Gasteiger partial charge in [0.1, 0.15) is 12.4 Å². The molecule has 0 amide bonds. The van der Waals surface area contributed by atoms with E-state index in [1.54, 1.807) is 23.6 Å². The number of nitrogens with zero attached hydrogens (tertiary/aromatic N) is 2. The molecule has 1 aliphatic heterocycles. The largest absolute Gasteiger partial charge is 0.487 e. The first-order valence-corrected chi connectivity index (χ1v) is 19.2. The van der Waals surface area contributed by atoms with Gasteiger partial charge in [-0.1, -0.05) is 109 Å². The minimum atomic E-state index is -0.730. The Labute approximate surface area is 325 Å². The van der Waals surface area contributed by atoms with Crippen LogP contribution in [-0.4, -0.2) is 17.1 Å². The lowest BCUT2D eigenvalue weighted by Gasteiger charge is -2.26. The zero-order chi connectivity index (χ0) is 34.8. The monoisotopic (exact) mass is 934 g/mol. The van der Waals surface area contributed by atoms with E-state index in [0.29, 0.717) is 43.2 Å². The molecule has 1 atom stereocenters. The van der Waals surface area contributed by atoms with Crippen molar-refractivity contribution in [2.75, 3.05) is 6.61 Å². The Balaban J connectivity index is 1.47. The molecule has 11 heteroatoms. The summed E-state index contributed by atoms with van der Waals surface area (Å²) in [4.78, 5) is 33.6. The summed E-state index contributed by atoms with van der Waals surface area (Å²) in [6, 6.07) is 26.3. The van der Waals surface area contributed by atoms with Gasteiger partial charge in [0.2, 0.25) is 0 Å². The number of halogens is 4. The smallest absolute Gasteiger partial charge is 0.338 e. The van der Waals surface area contributed by atoms with Crippen LogP contribution in [0.5, 0.6) is 5.75 Å². The fraction of sp³-hybridized carbons (Fsp3) is 0.184. The number of carbonyl (C=O) groups is 1. The summed E-state index contributed by atoms with van der Waals surface area (Å²) in [6.45, 7) is 6.55. The van der Waals surface area contributed by atoms with Gasteiger partial charge in [-0.25, -0.2) is 9.79 Å². The Bertz CT molecular complexity index is 2240. The van der Waals surface area contributed by atoms with E-state index in [-0.39, 0.29) is 12.2 Å². The number of aromatic nitrogens is 1. The maximum atomic E-state index is 14.4. The van der Waals surface area contributed by atoms with E-state index in [9.17, 15) is 9.59 Å². The molecule has 49 heavy (non-hydrogen) atoms. The molecule has 0 unspecified atom stereocenters. The van der Waals surface area contributed by atoms with E-state index in [1.807, 2.05) is 66.7 Å². The summed E-state index contributed by atoms with van der Waals surface area (Å²) in [5.41, 5.74) is 5.07. The van der Waals surface area contributed by atoms with Gasteiger partial charge in [-0.3, -0.25) is 9.36 Å². The fourth-order valence-electron chi connectivity index (χ4n) is 5.56. The highest BCUT2D eigenvalue weighted by Crippen LogP contribution is 2.36. The SMILES string of the molecule is CCOC(=O)C1=C(c2ccccc2)N=c2s/c(=C\c3cc(I)c(OCc4ccc(Cl)c(Cl)c4)c(I)c3)c(=O)n2[C@@H]1c1ccc(C(C)C)cc1. The molecular weight excluding hydrogens is 905 g/mol. The lowest BCUT2D eigenvalue weighted by Crippen LogP contribution is -2.40. The number of fused-ring (bicyclic) bond motifs is 1. The fourth-order valence-corrected chi connectivity index (χ4v) is 9.01. The summed E-state index contributed by atoms with van der Waals surface area (Å²) >= 11 is 18.0. The maximum Gasteiger partial charge on any atom is 0.338 e. The Hall–Kier alpha value is -2.97. The standard InChI is InChI=1S/C38H30Cl2I2N2O4S/c1-4-47-37(46)32-33(25-8-6-5-7-9-25)43-38-44(34(32)26-13-11-24(12-14-26)21(2)3)36(45)31(49-38)19-23-17-29(41)35(30(42)18-23)48-20-22-10-15-27(39)28(40)16-22/h5-19,21,34H,4,20H2,1-3H3/b31-19-/t34-/m1/s1. The molecule has 5 aromatic rings. The maximum absolute atomic E-state index is 14.4. The second-order valence-corrected chi connectivity index (χ2v) is 15.8. The molecule has 0 saturated carbocycles. The number of rotatable bonds is 9. The molecule has 0 aliphatic carbocycles. The van der Waals surface area contributed by atoms with Crippen LogP contribution in [0.1, 0.15) is 60.5 Å². The highest BCUT2D eigenvalue weighted by Gasteiger charge is 2.35. The van der Waals surface area contributed by atoms with E-state index in [1.165, 1.54) is 11.3 Å². The lowest BCUT2D eigenvalue weighted by atomic mass is 9.91. The Kier molecular flexibility index (Phi) is 11.3. The highest BCUT2D eigenvalue weighted by atomic mass is 127. The topological polar surface area (TPSA) is 69.9 Å². The van der Waals surface area contributed by atoms with Crippen LogP contribution < -0.4 is 19.6 Å². The summed E-state index contributed by atoms with van der Waals surface area (Å²) < 4.78 is 15.7. The van der Waals surface area contributed by atoms with Crippen molar-refractivity contribution in [3.8, 4) is 5.75 Å². The molecule has 0 spiro atoms. The summed E-state index contributed by atoms with van der Waals surface area (Å²) in [7, 11) is 0. The summed E-state index contributed by atoms with van der Waals surface area (Å²) in [6.07, 6.45) is 1.87. The van der Waals surface area contributed by atoms with Crippen LogP contribution in [0.15, 0.2) is 100 Å². The number of carbonyl (C=O) groups excluding carboxylic acids is 1. The van der Waals surface area contributed by atoms with Gasteiger partial charge in [0.05, 0.1) is 45.6 Å². The van der Waals surface area contributed by atoms with Crippen molar-refractivity contribution in [2.45, 2.75) is 39.3 Å². The van der Waals surface area contributed by atoms with Crippen molar-refractivity contribution >= 4 is 97.5 Å². The van der Waals surface area contributed by atoms with Crippen LogP contribution in [0.2, 0.25) is 10.0 Å². The second kappa shape index (κ2) is 15.5. The molecule has 1 aliphatic rings. The highest BCUT2D eigenvalue weighted by molar-refractivity contribution is 14.1. The predicted octanol–water partition coefficient (Wildman–Crippen LogP) is 9.15. The molecule has 0 saturated heterocycles. The van der Waals surface area contributed by atoms with Gasteiger partial charge in [0.15, 0.2) is 4.80 Å². The quantitative estimate of drug-likeness (QED) is 0.109. The number of benzene rings is 4. The van der Waals surface area contributed by atoms with Crippen LogP contribution >= 0.6 is 79.7 Å². The second-order valence-electron chi connectivity index (χ2n) is 11.6. The van der Waals surface area contributed by atoms with Crippen LogP contribution in [-0.2, 0) is 16.1 Å². The third-order valence-corrected chi connectivity index (χ3v) is 11.3. The zero-order valence-corrected chi connectivity index (χ0v) is 33.3. The Morgan fingerprint density at radius 3 is 2.31 bits per heavy atom. The molecule has 0 N–H and O–H groups in total. The van der Waals surface area contributed by atoms with Gasteiger partial charge in [0.25, 0.3) is 5.56 Å². The first kappa shape index (κ1) is 35.8. The molecular formula is C38H30Cl2I2N2O4S. The first-order valence-electron chi connectivity index (χ1n) is 15.5. The minimum absolute atomic E-state index is 0.193. The Morgan fingerprint density at radius 2 is 1.67 bits per heavy atom. The van der Waals surface area contributed by atoms with Gasteiger partial charge in [-0.15, -0.1) is 0 Å². The molecule has 0 fully saturated rings. The van der Waals surface area contributed by atoms with Gasteiger partial charge in [-0.2, -0.15) is 0 Å². The molecule has 6 nitrogen and oxygen atoms in total. The van der Waals surface area contributed by atoms with E-state index in [4.69, 9.17) is 37.7 Å². The third-order valence-electron chi connectivity index (χ3n) is 7.98. The van der Waals surface area contributed by atoms with Gasteiger partial charge in [0, 0.05) is 5.56 Å². The van der Waals surface area contributed by atoms with Gasteiger partial charge >= 0.3 is 5.97 Å². The van der Waals surface area contributed by atoms with Crippen molar-refractivity contribution in [1.82, 2.24) is 4.57 Å². The predicted molar refractivity (Wildman–Crippen MR) is 214 cm³/mol. The molecule has 1 aromatic heterocycles. The molecule has 2 heterocycles. The van der Waals surface area contributed by atoms with Gasteiger partial charge in [-0.05, 0) is 111 Å². The van der Waals surface area contributed by atoms with E-state index in [2.05, 4.69) is 71.2 Å². The van der Waals surface area contributed by atoms with Crippen molar-refractivity contribution in [2.24, 2.45) is 4.99 Å². The molecule has 0 radical (unpaired) electrons. The van der Waals surface area contributed by atoms with Crippen LogP contribution in [0.3, 0.4) is 0 Å². The first-order chi connectivity index (χ1) is 23.5. The number of esters is 1. The normalized spacial score (nSPS) is 14.5. The average Bonchev–Trinajstić information content (AvgIpc) is 3.39. The Morgan fingerprint density at radius 1 is 0.980 bits per heavy atom. The van der Waals surface area contributed by atoms with Crippen molar-refractivity contribution in [3.05, 3.63) is 155 Å². The lowest BCUT2D eigenvalue weighted by molar-refractivity contribution is -0.138. The van der Waals surface area contributed by atoms with Crippen molar-refractivity contribution in [1.29, 1.82) is 0 Å². The minimum Gasteiger partial charge on any atom is -0.487 e. The van der Waals surface area contributed by atoms with Crippen molar-refractivity contribution in [3.63, 3.8) is 0 Å². The summed E-state index contributed by atoms with van der Waals surface area (Å²) in [5.74, 6) is 0.564. The number of hydrogen-bond donors (Lipinski definition) is 0. The molecule has 4 aromatic carbocycles. The van der Waals surface area contributed by atoms with Gasteiger partial charge < -0.3 is 9.47 Å². The zero-order valence-electron chi connectivity index (χ0n) is 26.7. The number of thiazole rings is 1. The van der Waals surface area contributed by atoms with Crippen LogP contribution in [0, 0.1) is 7.14 Å². The van der Waals surface area contributed by atoms with Crippen LogP contribution in [0.4, 0.5) is 0 Å². The van der Waals surface area contributed by atoms with E-state index < -0.39 is 12.0 Å². The average molecular weight is 935 g/mol. The van der Waals surface area contributed by atoms with Crippen LogP contribution in [0.25, 0.3) is 11.8 Å². The number of hydrogen-bond acceptors (Lipinski definition) is 6. The molecule has 6 rings (SSSR count). The molecule has 250 valence electrons. The summed E-state index contributed by atoms with van der Waals surface area (Å²) in [5, 5.41) is 0.969. The molecule has 0 bridgehead atoms.